The second-order valence-corrected chi connectivity index (χ2v) is 5.07. The fraction of sp³-hybridized carbons (Fsp3) is 0.533. The van der Waals surface area contributed by atoms with Crippen molar-refractivity contribution in [2.24, 2.45) is 5.41 Å². The van der Waals surface area contributed by atoms with Crippen LogP contribution in [0.4, 0.5) is 0 Å². The Morgan fingerprint density at radius 1 is 1.28 bits per heavy atom. The number of hydrogen-bond acceptors (Lipinski definition) is 3. The minimum Gasteiger partial charge on any atom is -0.493 e. The molecule has 0 N–H and O–H groups in total. The van der Waals surface area contributed by atoms with Crippen molar-refractivity contribution in [2.75, 3.05) is 14.2 Å². The fourth-order valence-electron chi connectivity index (χ4n) is 2.71. The number of rotatable bonds is 4. The van der Waals surface area contributed by atoms with E-state index in [-0.39, 0.29) is 5.41 Å². The molecule has 0 aromatic heterocycles. The third kappa shape index (κ3) is 1.78. The molecule has 3 heteroatoms. The quantitative estimate of drug-likeness (QED) is 0.821. The summed E-state index contributed by atoms with van der Waals surface area (Å²) in [5.41, 5.74) is 0.955. The van der Waals surface area contributed by atoms with Crippen LogP contribution in [0.5, 0.6) is 11.5 Å². The van der Waals surface area contributed by atoms with Crippen molar-refractivity contribution in [1.29, 1.82) is 0 Å². The maximum atomic E-state index is 11.8. The van der Waals surface area contributed by atoms with Crippen LogP contribution in [0.15, 0.2) is 18.2 Å². The normalized spacial score (nSPS) is 26.7. The zero-order valence-corrected chi connectivity index (χ0v) is 11.4. The van der Waals surface area contributed by atoms with Crippen LogP contribution < -0.4 is 9.47 Å². The second-order valence-electron chi connectivity index (χ2n) is 5.07. The molecule has 0 heterocycles. The summed E-state index contributed by atoms with van der Waals surface area (Å²) in [5, 5.41) is 0. The first-order chi connectivity index (χ1) is 8.56. The molecule has 0 spiro atoms. The standard InChI is InChI=1S/C15H20O3/c1-5-15(2)11(9-14(15)16)10-6-7-12(17-3)13(8-10)18-4/h6-8,11H,5,9H2,1-4H3. The van der Waals surface area contributed by atoms with Gasteiger partial charge < -0.3 is 9.47 Å². The summed E-state index contributed by atoms with van der Waals surface area (Å²) < 4.78 is 10.5. The van der Waals surface area contributed by atoms with E-state index in [1.807, 2.05) is 18.2 Å². The molecular weight excluding hydrogens is 228 g/mol. The van der Waals surface area contributed by atoms with E-state index in [1.54, 1.807) is 14.2 Å². The van der Waals surface area contributed by atoms with Crippen LogP contribution in [-0.4, -0.2) is 20.0 Å². The molecule has 1 fully saturated rings. The van der Waals surface area contributed by atoms with Crippen LogP contribution in [0.3, 0.4) is 0 Å². The molecule has 1 saturated carbocycles. The van der Waals surface area contributed by atoms with E-state index in [2.05, 4.69) is 13.8 Å². The highest BCUT2D eigenvalue weighted by Gasteiger charge is 2.50. The number of carbonyl (C=O) groups excluding carboxylic acids is 1. The van der Waals surface area contributed by atoms with Gasteiger partial charge in [0.1, 0.15) is 5.78 Å². The topological polar surface area (TPSA) is 35.5 Å². The average Bonchev–Trinajstić information content (AvgIpc) is 2.42. The average molecular weight is 248 g/mol. The number of benzene rings is 1. The van der Waals surface area contributed by atoms with E-state index in [0.29, 0.717) is 18.1 Å². The highest BCUT2D eigenvalue weighted by Crippen LogP contribution is 2.52. The largest absolute Gasteiger partial charge is 0.493 e. The van der Waals surface area contributed by atoms with Crippen LogP contribution in [0.25, 0.3) is 0 Å². The van der Waals surface area contributed by atoms with Crippen molar-refractivity contribution < 1.29 is 14.3 Å². The maximum absolute atomic E-state index is 11.8. The van der Waals surface area contributed by atoms with Gasteiger partial charge >= 0.3 is 0 Å². The highest BCUT2D eigenvalue weighted by molar-refractivity contribution is 5.93. The monoisotopic (exact) mass is 248 g/mol. The van der Waals surface area contributed by atoms with E-state index in [9.17, 15) is 4.79 Å². The van der Waals surface area contributed by atoms with E-state index >= 15 is 0 Å². The lowest BCUT2D eigenvalue weighted by Gasteiger charge is -2.45. The van der Waals surface area contributed by atoms with Crippen molar-refractivity contribution in [3.05, 3.63) is 23.8 Å². The minimum absolute atomic E-state index is 0.209. The molecule has 1 aromatic carbocycles. The van der Waals surface area contributed by atoms with Crippen molar-refractivity contribution >= 4 is 5.78 Å². The number of hydrogen-bond donors (Lipinski definition) is 0. The first-order valence-electron chi connectivity index (χ1n) is 6.32. The van der Waals surface area contributed by atoms with E-state index in [1.165, 1.54) is 0 Å². The Bertz CT molecular complexity index is 467. The maximum Gasteiger partial charge on any atom is 0.160 e. The first kappa shape index (κ1) is 12.9. The number of carbonyl (C=O) groups is 1. The zero-order chi connectivity index (χ0) is 13.3. The number of Topliss-reactive ketones (excluding diaryl/α,β-unsaturated/α-hetero) is 1. The number of ether oxygens (including phenoxy) is 2. The summed E-state index contributed by atoms with van der Waals surface area (Å²) in [6, 6.07) is 5.93. The van der Waals surface area contributed by atoms with Gasteiger partial charge in [0.15, 0.2) is 11.5 Å². The van der Waals surface area contributed by atoms with Crippen molar-refractivity contribution in [2.45, 2.75) is 32.6 Å². The van der Waals surface area contributed by atoms with Gasteiger partial charge in [0.25, 0.3) is 0 Å². The molecule has 3 nitrogen and oxygen atoms in total. The molecule has 18 heavy (non-hydrogen) atoms. The van der Waals surface area contributed by atoms with Gasteiger partial charge in [0, 0.05) is 17.8 Å². The molecule has 0 radical (unpaired) electrons. The summed E-state index contributed by atoms with van der Waals surface area (Å²) in [7, 11) is 3.26. The highest BCUT2D eigenvalue weighted by atomic mass is 16.5. The Morgan fingerprint density at radius 2 is 1.94 bits per heavy atom. The van der Waals surface area contributed by atoms with Crippen LogP contribution in [-0.2, 0) is 4.79 Å². The Kier molecular flexibility index (Phi) is 3.33. The first-order valence-corrected chi connectivity index (χ1v) is 6.32. The molecular formula is C15H20O3. The van der Waals surface area contributed by atoms with Gasteiger partial charge in [-0.05, 0) is 24.1 Å². The van der Waals surface area contributed by atoms with Crippen molar-refractivity contribution in [3.8, 4) is 11.5 Å². The predicted molar refractivity (Wildman–Crippen MR) is 70.3 cm³/mol. The van der Waals surface area contributed by atoms with Gasteiger partial charge in [0.2, 0.25) is 0 Å². The van der Waals surface area contributed by atoms with Crippen molar-refractivity contribution in [1.82, 2.24) is 0 Å². The molecule has 98 valence electrons. The summed E-state index contributed by atoms with van der Waals surface area (Å²) in [6.07, 6.45) is 1.52. The van der Waals surface area contributed by atoms with Crippen LogP contribution >= 0.6 is 0 Å². The number of methoxy groups -OCH3 is 2. The smallest absolute Gasteiger partial charge is 0.160 e. The molecule has 0 saturated heterocycles. The van der Waals surface area contributed by atoms with Crippen LogP contribution in [0.1, 0.15) is 38.2 Å². The molecule has 1 aromatic rings. The predicted octanol–water partition coefficient (Wildman–Crippen LogP) is 3.18. The van der Waals surface area contributed by atoms with E-state index in [4.69, 9.17) is 9.47 Å². The summed E-state index contributed by atoms with van der Waals surface area (Å²) >= 11 is 0. The van der Waals surface area contributed by atoms with Gasteiger partial charge in [-0.25, -0.2) is 0 Å². The van der Waals surface area contributed by atoms with Gasteiger partial charge in [-0.15, -0.1) is 0 Å². The van der Waals surface area contributed by atoms with Crippen molar-refractivity contribution in [3.63, 3.8) is 0 Å². The zero-order valence-electron chi connectivity index (χ0n) is 11.4. The molecule has 2 unspecified atom stereocenters. The minimum atomic E-state index is -0.209. The molecule has 2 rings (SSSR count). The fourth-order valence-corrected chi connectivity index (χ4v) is 2.71. The molecule has 0 aliphatic heterocycles. The molecule has 0 amide bonds. The summed E-state index contributed by atoms with van der Waals surface area (Å²) in [4.78, 5) is 11.8. The van der Waals surface area contributed by atoms with Gasteiger partial charge in [-0.1, -0.05) is 19.9 Å². The lowest BCUT2D eigenvalue weighted by molar-refractivity contribution is -0.139. The van der Waals surface area contributed by atoms with E-state index < -0.39 is 0 Å². The lowest BCUT2D eigenvalue weighted by Crippen LogP contribution is -2.45. The second kappa shape index (κ2) is 4.63. The Hall–Kier alpha value is -1.51. The Morgan fingerprint density at radius 3 is 2.44 bits per heavy atom. The van der Waals surface area contributed by atoms with Gasteiger partial charge in [-0.3, -0.25) is 4.79 Å². The van der Waals surface area contributed by atoms with Crippen LogP contribution in [0, 0.1) is 5.41 Å². The van der Waals surface area contributed by atoms with Gasteiger partial charge in [-0.2, -0.15) is 0 Å². The van der Waals surface area contributed by atoms with Gasteiger partial charge in [0.05, 0.1) is 14.2 Å². The Balaban J connectivity index is 2.33. The van der Waals surface area contributed by atoms with E-state index in [0.717, 1.165) is 23.5 Å². The third-order valence-corrected chi connectivity index (χ3v) is 4.34. The lowest BCUT2D eigenvalue weighted by atomic mass is 9.56. The molecule has 0 bridgehead atoms. The summed E-state index contributed by atoms with van der Waals surface area (Å²) in [5.74, 6) is 2.12. The SMILES string of the molecule is CCC1(C)C(=O)CC1c1ccc(OC)c(OC)c1. The van der Waals surface area contributed by atoms with Crippen LogP contribution in [0.2, 0.25) is 0 Å². The Labute approximate surface area is 108 Å². The molecule has 1 aliphatic rings. The third-order valence-electron chi connectivity index (χ3n) is 4.34. The summed E-state index contributed by atoms with van der Waals surface area (Å²) in [6.45, 7) is 4.13. The molecule has 2 atom stereocenters. The molecule has 1 aliphatic carbocycles. The number of ketones is 1.